The van der Waals surface area contributed by atoms with Crippen LogP contribution in [0, 0.1) is 0 Å². The summed E-state index contributed by atoms with van der Waals surface area (Å²) in [5, 5.41) is 0. The van der Waals surface area contributed by atoms with Crippen molar-refractivity contribution in [3.05, 3.63) is 63.3 Å². The molecule has 23 heavy (non-hydrogen) atoms. The zero-order valence-corrected chi connectivity index (χ0v) is 16.3. The van der Waals surface area contributed by atoms with Gasteiger partial charge in [-0.15, -0.1) is 26.3 Å². The van der Waals surface area contributed by atoms with Crippen molar-refractivity contribution in [1.29, 1.82) is 0 Å². The molecule has 0 spiro atoms. The Kier molecular flexibility index (Phi) is 7.16. The van der Waals surface area contributed by atoms with Crippen molar-refractivity contribution in [1.82, 2.24) is 0 Å². The van der Waals surface area contributed by atoms with E-state index in [0.29, 0.717) is 0 Å². The third-order valence-electron chi connectivity index (χ3n) is 5.15. The van der Waals surface area contributed by atoms with Gasteiger partial charge in [0.2, 0.25) is 0 Å². The number of rotatable bonds is 10. The molecule has 1 atom stereocenters. The van der Waals surface area contributed by atoms with Gasteiger partial charge < -0.3 is 15.9 Å². The molecule has 1 saturated heterocycles. The molecule has 0 aliphatic carbocycles. The first-order chi connectivity index (χ1) is 10.9. The molecule has 0 aromatic carbocycles. The van der Waals surface area contributed by atoms with Crippen LogP contribution in [0.1, 0.15) is 6.42 Å². The molecule has 1 rings (SSSR count). The van der Waals surface area contributed by atoms with E-state index in [1.807, 2.05) is 12.2 Å². The van der Waals surface area contributed by atoms with Gasteiger partial charge in [-0.25, -0.2) is 0 Å². The summed E-state index contributed by atoms with van der Waals surface area (Å²) in [5.41, 5.74) is 11.4. The molecule has 0 amide bonds. The maximum absolute atomic E-state index is 6.77. The molecule has 1 aliphatic rings. The van der Waals surface area contributed by atoms with Crippen LogP contribution in [0.4, 0.5) is 0 Å². The second kappa shape index (κ2) is 8.21. The van der Waals surface area contributed by atoms with E-state index in [4.69, 9.17) is 15.9 Å². The van der Waals surface area contributed by atoms with Gasteiger partial charge in [0.05, 0.1) is 13.7 Å². The van der Waals surface area contributed by atoms with Gasteiger partial charge in [-0.05, 0) is 30.6 Å². The summed E-state index contributed by atoms with van der Waals surface area (Å²) in [7, 11) is -3.89. The molecule has 128 valence electrons. The third kappa shape index (κ3) is 3.92. The number of hydrogen-bond donors (Lipinski definition) is 2. The van der Waals surface area contributed by atoms with Gasteiger partial charge >= 0.3 is 0 Å². The van der Waals surface area contributed by atoms with E-state index in [1.54, 1.807) is 6.08 Å². The fourth-order valence-electron chi connectivity index (χ4n) is 3.87. The molecule has 0 saturated carbocycles. The van der Waals surface area contributed by atoms with Gasteiger partial charge in [0, 0.05) is 0 Å². The van der Waals surface area contributed by atoms with E-state index in [1.165, 1.54) is 0 Å². The highest BCUT2D eigenvalue weighted by molar-refractivity contribution is 7.40. The molecule has 1 heterocycles. The topological polar surface area (TPSA) is 61.3 Å². The minimum absolute atomic E-state index is 0.193. The smallest absolute Gasteiger partial charge is 0.188 e. The Morgan fingerprint density at radius 3 is 1.78 bits per heavy atom. The standard InChI is InChI=1S/C18H32N2OSi2/c1-6-12-22(13-7-2)16-11-17(18(19,20)10-5)21-23(22,14-8-3)15-9-4/h6-10,17H,1-5,11-16,19-20H2. The Hall–Kier alpha value is -0.986. The highest BCUT2D eigenvalue weighted by Gasteiger charge is 2.58. The fourth-order valence-corrected chi connectivity index (χ4v) is 20.4. The second-order valence-corrected chi connectivity index (χ2v) is 19.4. The van der Waals surface area contributed by atoms with Crippen molar-refractivity contribution < 1.29 is 4.43 Å². The van der Waals surface area contributed by atoms with Crippen LogP contribution in [0.15, 0.2) is 63.3 Å². The second-order valence-electron chi connectivity index (χ2n) is 6.60. The predicted molar refractivity (Wildman–Crippen MR) is 107 cm³/mol. The van der Waals surface area contributed by atoms with E-state index in [9.17, 15) is 0 Å². The SMILES string of the molecule is C=CC[Si]1(CC=C)CCC(C(N)(N)C=C)O[Si]1(CC=C)CC=C. The monoisotopic (exact) mass is 348 g/mol. The summed E-state index contributed by atoms with van der Waals surface area (Å²) in [4.78, 5) is 0. The molecule has 4 N–H and O–H groups in total. The van der Waals surface area contributed by atoms with Gasteiger partial charge in [0.25, 0.3) is 0 Å². The lowest BCUT2D eigenvalue weighted by Crippen LogP contribution is -2.72. The van der Waals surface area contributed by atoms with Crippen molar-refractivity contribution >= 4 is 15.4 Å². The summed E-state index contributed by atoms with van der Waals surface area (Å²) in [6.07, 6.45) is 10.4. The van der Waals surface area contributed by atoms with Crippen molar-refractivity contribution in [3.63, 3.8) is 0 Å². The average molecular weight is 349 g/mol. The summed E-state index contributed by atoms with van der Waals surface area (Å²) >= 11 is 0. The Balaban J connectivity index is 3.37. The fraction of sp³-hybridized carbons (Fsp3) is 0.444. The molecule has 0 radical (unpaired) electrons. The molecule has 5 heteroatoms. The van der Waals surface area contributed by atoms with Crippen LogP contribution in [-0.4, -0.2) is 27.2 Å². The molecule has 3 nitrogen and oxygen atoms in total. The first kappa shape index (κ1) is 20.1. The third-order valence-corrected chi connectivity index (χ3v) is 22.5. The van der Waals surface area contributed by atoms with Crippen LogP contribution in [0.25, 0.3) is 0 Å². The van der Waals surface area contributed by atoms with E-state index in [2.05, 4.69) is 45.0 Å². The van der Waals surface area contributed by atoms with Crippen LogP contribution in [0.3, 0.4) is 0 Å². The first-order valence-electron chi connectivity index (χ1n) is 8.19. The quantitative estimate of drug-likeness (QED) is 0.359. The van der Waals surface area contributed by atoms with Crippen LogP contribution >= 0.6 is 0 Å². The number of nitrogens with two attached hydrogens (primary N) is 2. The summed E-state index contributed by atoms with van der Waals surface area (Å²) in [6, 6.07) is 5.01. The molecule has 1 unspecified atom stereocenters. The number of hydrogen-bond acceptors (Lipinski definition) is 3. The molecule has 1 aliphatic heterocycles. The maximum atomic E-state index is 6.77. The zero-order valence-electron chi connectivity index (χ0n) is 14.3. The van der Waals surface area contributed by atoms with Gasteiger partial charge in [-0.2, -0.15) is 0 Å². The van der Waals surface area contributed by atoms with E-state index in [-0.39, 0.29) is 6.10 Å². The molecular weight excluding hydrogens is 316 g/mol. The molecule has 1 fully saturated rings. The van der Waals surface area contributed by atoms with Crippen molar-refractivity contribution in [2.45, 2.75) is 48.4 Å². The molecular formula is C18H32N2OSi2. The van der Waals surface area contributed by atoms with Crippen LogP contribution in [0.2, 0.25) is 30.2 Å². The Morgan fingerprint density at radius 1 is 0.913 bits per heavy atom. The van der Waals surface area contributed by atoms with Crippen LogP contribution < -0.4 is 11.5 Å². The zero-order chi connectivity index (χ0) is 17.6. The van der Waals surface area contributed by atoms with Gasteiger partial charge in [-0.3, -0.25) is 0 Å². The maximum Gasteiger partial charge on any atom is 0.188 e. The van der Waals surface area contributed by atoms with Gasteiger partial charge in [-0.1, -0.05) is 43.0 Å². The summed E-state index contributed by atoms with van der Waals surface area (Å²) in [5.74, 6) is 0. The van der Waals surface area contributed by atoms with Crippen molar-refractivity contribution in [3.8, 4) is 0 Å². The lowest BCUT2D eigenvalue weighted by molar-refractivity contribution is 0.120. The highest BCUT2D eigenvalue weighted by atomic mass is 29.3. The normalized spacial score (nSPS) is 22.8. The minimum Gasteiger partial charge on any atom is -0.412 e. The van der Waals surface area contributed by atoms with E-state index >= 15 is 0 Å². The Morgan fingerprint density at radius 2 is 1.39 bits per heavy atom. The largest absolute Gasteiger partial charge is 0.412 e. The Bertz CT molecular complexity index is 454. The molecule has 0 aromatic heterocycles. The van der Waals surface area contributed by atoms with Crippen molar-refractivity contribution in [2.75, 3.05) is 0 Å². The van der Waals surface area contributed by atoms with Crippen LogP contribution in [-0.2, 0) is 4.43 Å². The van der Waals surface area contributed by atoms with Crippen molar-refractivity contribution in [2.24, 2.45) is 11.5 Å². The van der Waals surface area contributed by atoms with Crippen LogP contribution in [0.5, 0.6) is 0 Å². The predicted octanol–water partition coefficient (Wildman–Crippen LogP) is 3.79. The Labute approximate surface area is 143 Å². The molecule has 0 bridgehead atoms. The summed E-state index contributed by atoms with van der Waals surface area (Å²) in [6.45, 7) is 19.8. The average Bonchev–Trinajstić information content (AvgIpc) is 2.51. The van der Waals surface area contributed by atoms with Gasteiger partial charge in [0.15, 0.2) is 7.83 Å². The summed E-state index contributed by atoms with van der Waals surface area (Å²) < 4.78 is 6.77. The minimum atomic E-state index is -2.14. The lowest BCUT2D eigenvalue weighted by Gasteiger charge is -2.54. The molecule has 0 aromatic rings. The van der Waals surface area contributed by atoms with Gasteiger partial charge in [0.1, 0.15) is 5.66 Å². The van der Waals surface area contributed by atoms with E-state index < -0.39 is 21.1 Å². The highest BCUT2D eigenvalue weighted by Crippen LogP contribution is 2.45. The first-order valence-corrected chi connectivity index (χ1v) is 14.1. The number of allylic oxidation sites excluding steroid dienone is 4. The lowest BCUT2D eigenvalue weighted by atomic mass is 10.0. The van der Waals surface area contributed by atoms with E-state index in [0.717, 1.165) is 36.6 Å².